The zero-order valence-electron chi connectivity index (χ0n) is 23.0. The van der Waals surface area contributed by atoms with Gasteiger partial charge in [0.25, 0.3) is 5.91 Å². The number of aliphatic hydroxyl groups is 1. The Morgan fingerprint density at radius 2 is 1.95 bits per heavy atom. The van der Waals surface area contributed by atoms with Crippen molar-refractivity contribution >= 4 is 17.1 Å². The van der Waals surface area contributed by atoms with E-state index in [1.54, 1.807) is 10.6 Å². The fourth-order valence-corrected chi connectivity index (χ4v) is 6.17. The van der Waals surface area contributed by atoms with E-state index in [0.717, 1.165) is 49.8 Å². The molecule has 1 amide bonds. The molecule has 0 aromatic carbocycles. The van der Waals surface area contributed by atoms with Crippen molar-refractivity contribution in [2.24, 2.45) is 0 Å². The summed E-state index contributed by atoms with van der Waals surface area (Å²) in [5, 5.41) is 30.0. The standard InChI is InChI=1S/C30H32FN7O3/c1-28(2,40)25(31)16-35-27(39)21-15-34-23(24-4-3-20-11-19(13-32)14-36-38(20)24)12-22(21)37-30-8-5-29(6-9-30,7-10-30)26-17-33-18-41-26/h3-4,11-12,14-15,17-18,25,40H,5-10,16H2,1-2H3,(H,34,37)(H,35,39). The number of nitrogens with one attached hydrogen (secondary N) is 2. The minimum absolute atomic E-state index is 0.00440. The number of anilines is 1. The van der Waals surface area contributed by atoms with Gasteiger partial charge in [-0.15, -0.1) is 0 Å². The van der Waals surface area contributed by atoms with Crippen LogP contribution in [0.4, 0.5) is 10.1 Å². The van der Waals surface area contributed by atoms with Crippen molar-refractivity contribution in [1.29, 1.82) is 5.26 Å². The molecule has 4 heterocycles. The van der Waals surface area contributed by atoms with Crippen LogP contribution in [-0.4, -0.2) is 54.5 Å². The van der Waals surface area contributed by atoms with E-state index in [0.29, 0.717) is 28.2 Å². The summed E-state index contributed by atoms with van der Waals surface area (Å²) in [7, 11) is 0. The van der Waals surface area contributed by atoms with E-state index in [1.807, 2.05) is 24.4 Å². The van der Waals surface area contributed by atoms with Gasteiger partial charge in [0, 0.05) is 17.2 Å². The minimum Gasteiger partial charge on any atom is -0.448 e. The molecular weight excluding hydrogens is 525 g/mol. The Hall–Kier alpha value is -4.30. The average Bonchev–Trinajstić information content (AvgIpc) is 3.67. The zero-order chi connectivity index (χ0) is 28.8. The van der Waals surface area contributed by atoms with Gasteiger partial charge in [-0.25, -0.2) is 13.9 Å². The molecule has 3 saturated carbocycles. The first kappa shape index (κ1) is 26.9. The molecule has 0 spiro atoms. The molecule has 212 valence electrons. The van der Waals surface area contributed by atoms with Gasteiger partial charge in [-0.1, -0.05) is 0 Å². The third-order valence-electron chi connectivity index (χ3n) is 8.85. The minimum atomic E-state index is -1.63. The van der Waals surface area contributed by atoms with Crippen LogP contribution in [0, 0.1) is 11.3 Å². The lowest BCUT2D eigenvalue weighted by atomic mass is 9.56. The summed E-state index contributed by atoms with van der Waals surface area (Å²) >= 11 is 0. The first-order valence-corrected chi connectivity index (χ1v) is 13.8. The maximum absolute atomic E-state index is 14.4. The molecule has 1 atom stereocenters. The van der Waals surface area contributed by atoms with Crippen molar-refractivity contribution in [3.8, 4) is 17.5 Å². The highest BCUT2D eigenvalue weighted by molar-refractivity contribution is 6.00. The van der Waals surface area contributed by atoms with Gasteiger partial charge in [0.1, 0.15) is 18.0 Å². The maximum Gasteiger partial charge on any atom is 0.255 e. The zero-order valence-corrected chi connectivity index (χ0v) is 23.0. The molecular formula is C30H32FN7O3. The second kappa shape index (κ2) is 9.96. The van der Waals surface area contributed by atoms with Gasteiger partial charge in [0.15, 0.2) is 6.39 Å². The lowest BCUT2D eigenvalue weighted by Crippen LogP contribution is -2.52. The third-order valence-corrected chi connectivity index (χ3v) is 8.85. The van der Waals surface area contributed by atoms with Crippen molar-refractivity contribution in [1.82, 2.24) is 24.9 Å². The predicted octanol–water partition coefficient (Wildman–Crippen LogP) is 4.55. The number of hydrogen-bond donors (Lipinski definition) is 3. The largest absolute Gasteiger partial charge is 0.448 e. The van der Waals surface area contributed by atoms with Crippen LogP contribution < -0.4 is 10.6 Å². The van der Waals surface area contributed by atoms with Crippen LogP contribution in [0.25, 0.3) is 16.9 Å². The van der Waals surface area contributed by atoms with Crippen LogP contribution in [0.1, 0.15) is 74.1 Å². The second-order valence-corrected chi connectivity index (χ2v) is 11.9. The van der Waals surface area contributed by atoms with Crippen LogP contribution in [0.2, 0.25) is 0 Å². The Kier molecular flexibility index (Phi) is 6.53. The molecule has 7 rings (SSSR count). The highest BCUT2D eigenvalue weighted by Gasteiger charge is 2.51. The first-order chi connectivity index (χ1) is 19.6. The number of carbonyl (C=O) groups excluding carboxylic acids is 1. The fourth-order valence-electron chi connectivity index (χ4n) is 6.17. The quantitative estimate of drug-likeness (QED) is 0.287. The molecule has 41 heavy (non-hydrogen) atoms. The summed E-state index contributed by atoms with van der Waals surface area (Å²) in [5.41, 5.74) is 1.61. The number of rotatable bonds is 8. The monoisotopic (exact) mass is 557 g/mol. The Bertz CT molecular complexity index is 1610. The van der Waals surface area contributed by atoms with Crippen LogP contribution in [-0.2, 0) is 5.41 Å². The molecule has 0 radical (unpaired) electrons. The number of pyridine rings is 1. The van der Waals surface area contributed by atoms with Gasteiger partial charge >= 0.3 is 0 Å². The summed E-state index contributed by atoms with van der Waals surface area (Å²) in [6.45, 7) is 2.41. The third kappa shape index (κ3) is 4.93. The topological polar surface area (TPSA) is 141 Å². The van der Waals surface area contributed by atoms with Gasteiger partial charge in [-0.05, 0) is 76.6 Å². The lowest BCUT2D eigenvalue weighted by Gasteiger charge is -2.53. The molecule has 3 fully saturated rings. The Balaban J connectivity index is 1.32. The van der Waals surface area contributed by atoms with Crippen molar-refractivity contribution < 1.29 is 18.7 Å². The van der Waals surface area contributed by atoms with Crippen LogP contribution in [0.3, 0.4) is 0 Å². The van der Waals surface area contributed by atoms with E-state index in [1.165, 1.54) is 32.6 Å². The number of fused-ring (bicyclic) bond motifs is 4. The second-order valence-electron chi connectivity index (χ2n) is 11.9. The number of nitrogens with zero attached hydrogens (tertiary/aromatic N) is 5. The summed E-state index contributed by atoms with van der Waals surface area (Å²) in [5.74, 6) is 0.464. The van der Waals surface area contributed by atoms with Gasteiger partial charge in [0.2, 0.25) is 0 Å². The van der Waals surface area contributed by atoms with Crippen LogP contribution in [0.15, 0.2) is 53.7 Å². The Morgan fingerprint density at radius 1 is 1.20 bits per heavy atom. The smallest absolute Gasteiger partial charge is 0.255 e. The van der Waals surface area contributed by atoms with E-state index in [2.05, 4.69) is 31.8 Å². The van der Waals surface area contributed by atoms with Gasteiger partial charge in [0.05, 0.1) is 58.3 Å². The maximum atomic E-state index is 14.4. The number of nitriles is 1. The number of halogens is 1. The molecule has 4 aromatic rings. The average molecular weight is 558 g/mol. The number of hydrogen-bond acceptors (Lipinski definition) is 8. The summed E-state index contributed by atoms with van der Waals surface area (Å²) in [4.78, 5) is 22.0. The molecule has 0 saturated heterocycles. The number of carbonyl (C=O) groups is 1. The van der Waals surface area contributed by atoms with E-state index in [4.69, 9.17) is 4.42 Å². The molecule has 2 bridgehead atoms. The molecule has 3 aliphatic carbocycles. The number of alkyl halides is 1. The molecule has 3 N–H and O–H groups in total. The van der Waals surface area contributed by atoms with Crippen molar-refractivity contribution in [3.63, 3.8) is 0 Å². The molecule has 4 aromatic heterocycles. The molecule has 11 heteroatoms. The first-order valence-electron chi connectivity index (χ1n) is 13.8. The van der Waals surface area contributed by atoms with Crippen LogP contribution >= 0.6 is 0 Å². The highest BCUT2D eigenvalue weighted by atomic mass is 19.1. The number of aromatic nitrogens is 4. The lowest BCUT2D eigenvalue weighted by molar-refractivity contribution is -0.00177. The summed E-state index contributed by atoms with van der Waals surface area (Å²) in [6.07, 6.45) is 10.2. The highest BCUT2D eigenvalue weighted by Crippen LogP contribution is 2.54. The van der Waals surface area contributed by atoms with Crippen molar-refractivity contribution in [3.05, 3.63) is 66.1 Å². The molecule has 10 nitrogen and oxygen atoms in total. The van der Waals surface area contributed by atoms with E-state index in [-0.39, 0.29) is 17.5 Å². The van der Waals surface area contributed by atoms with Crippen molar-refractivity contribution in [2.45, 2.75) is 75.1 Å². The summed E-state index contributed by atoms with van der Waals surface area (Å²) in [6, 6.07) is 9.42. The van der Waals surface area contributed by atoms with Gasteiger partial charge in [-0.2, -0.15) is 10.4 Å². The molecule has 1 unspecified atom stereocenters. The van der Waals surface area contributed by atoms with Gasteiger partial charge in [-0.3, -0.25) is 9.78 Å². The van der Waals surface area contributed by atoms with E-state index in [9.17, 15) is 19.6 Å². The van der Waals surface area contributed by atoms with E-state index >= 15 is 0 Å². The fraction of sp³-hybridized carbons (Fsp3) is 0.433. The number of amides is 1. The predicted molar refractivity (Wildman–Crippen MR) is 149 cm³/mol. The Morgan fingerprint density at radius 3 is 2.61 bits per heavy atom. The SMILES string of the molecule is CC(C)(O)C(F)CNC(=O)c1cnc(-c2ccc3cc(C#N)cnn23)cc1NC12CCC(c3cnco3)(CC1)CC2. The Labute approximate surface area is 236 Å². The normalized spacial score (nSPS) is 22.8. The van der Waals surface area contributed by atoms with Crippen molar-refractivity contribution in [2.75, 3.05) is 11.9 Å². The molecule has 3 aliphatic rings. The van der Waals surface area contributed by atoms with E-state index < -0.39 is 17.7 Å². The van der Waals surface area contributed by atoms with Crippen LogP contribution in [0.5, 0.6) is 0 Å². The molecule has 0 aliphatic heterocycles. The summed E-state index contributed by atoms with van der Waals surface area (Å²) < 4.78 is 21.9. The van der Waals surface area contributed by atoms with Gasteiger partial charge < -0.3 is 20.2 Å². The number of oxazole rings is 1.